The van der Waals surface area contributed by atoms with Crippen LogP contribution in [0.25, 0.3) is 0 Å². The number of halogens is 3. The first-order valence-corrected chi connectivity index (χ1v) is 7.41. The quantitative estimate of drug-likeness (QED) is 0.461. The maximum absolute atomic E-state index is 12.3. The molecule has 0 spiro atoms. The van der Waals surface area contributed by atoms with Crippen molar-refractivity contribution in [3.05, 3.63) is 35.9 Å². The minimum Gasteiger partial charge on any atom is -0.467 e. The van der Waals surface area contributed by atoms with E-state index in [0.29, 0.717) is 12.8 Å². The smallest absolute Gasteiger partial charge is 0.467 e. The number of esters is 1. The molecule has 1 amide bonds. The number of nitrogens with one attached hydrogen (secondary N) is 1. The number of rotatable bonds is 6. The lowest BCUT2D eigenvalue weighted by molar-refractivity contribution is -0.176. The number of unbranched alkanes of at least 4 members (excludes halogenated alkanes) is 1. The van der Waals surface area contributed by atoms with Gasteiger partial charge >= 0.3 is 18.1 Å². The van der Waals surface area contributed by atoms with E-state index in [2.05, 4.69) is 16.6 Å². The topological polar surface area (TPSA) is 75.6 Å². The molecule has 1 aromatic rings. The SMILES string of the molecule is COC(=O)[C@H](NC(=O)C(F)(F)F)[C@@H](O)C#CCCCc1ccccc1. The van der Waals surface area contributed by atoms with Gasteiger partial charge in [-0.1, -0.05) is 36.3 Å². The van der Waals surface area contributed by atoms with Gasteiger partial charge in [0, 0.05) is 6.42 Å². The summed E-state index contributed by atoms with van der Waals surface area (Å²) in [5.74, 6) is 1.28. The molecule has 25 heavy (non-hydrogen) atoms. The average molecular weight is 357 g/mol. The highest BCUT2D eigenvalue weighted by Gasteiger charge is 2.42. The number of ether oxygens (including phenoxy) is 1. The van der Waals surface area contributed by atoms with Gasteiger partial charge in [-0.05, 0) is 18.4 Å². The second kappa shape index (κ2) is 9.69. The molecule has 0 saturated heterocycles. The number of hydrogen-bond acceptors (Lipinski definition) is 4. The summed E-state index contributed by atoms with van der Waals surface area (Å²) in [6.07, 6.45) is -5.21. The van der Waals surface area contributed by atoms with Crippen molar-refractivity contribution >= 4 is 11.9 Å². The first kappa shape index (κ1) is 20.5. The first-order chi connectivity index (χ1) is 11.8. The van der Waals surface area contributed by atoms with E-state index in [1.807, 2.05) is 30.3 Å². The van der Waals surface area contributed by atoms with E-state index < -0.39 is 30.2 Å². The van der Waals surface area contributed by atoms with Gasteiger partial charge in [-0.3, -0.25) is 4.79 Å². The highest BCUT2D eigenvalue weighted by atomic mass is 19.4. The summed E-state index contributed by atoms with van der Waals surface area (Å²) in [5.41, 5.74) is 1.11. The van der Waals surface area contributed by atoms with E-state index in [0.717, 1.165) is 19.1 Å². The number of carbonyl (C=O) groups is 2. The maximum atomic E-state index is 12.3. The number of aliphatic hydroxyl groups excluding tert-OH is 1. The Morgan fingerprint density at radius 2 is 1.92 bits per heavy atom. The molecule has 2 atom stereocenters. The van der Waals surface area contributed by atoms with Gasteiger partial charge in [-0.15, -0.1) is 5.92 Å². The highest BCUT2D eigenvalue weighted by Crippen LogP contribution is 2.15. The summed E-state index contributed by atoms with van der Waals surface area (Å²) in [5, 5.41) is 11.2. The second-order valence-corrected chi connectivity index (χ2v) is 5.08. The minimum absolute atomic E-state index is 0.368. The largest absolute Gasteiger partial charge is 0.471 e. The zero-order chi connectivity index (χ0) is 18.9. The van der Waals surface area contributed by atoms with Crippen LogP contribution in [0.4, 0.5) is 13.2 Å². The molecule has 2 N–H and O–H groups in total. The summed E-state index contributed by atoms with van der Waals surface area (Å²) in [6, 6.07) is 7.66. The average Bonchev–Trinajstić information content (AvgIpc) is 2.58. The number of amides is 1. The Kier molecular flexibility index (Phi) is 7.95. The van der Waals surface area contributed by atoms with Crippen LogP contribution in [0.15, 0.2) is 30.3 Å². The van der Waals surface area contributed by atoms with Crippen molar-refractivity contribution in [2.45, 2.75) is 37.6 Å². The third-order valence-electron chi connectivity index (χ3n) is 3.17. The van der Waals surface area contributed by atoms with E-state index in [1.165, 1.54) is 5.32 Å². The lowest BCUT2D eigenvalue weighted by Gasteiger charge is -2.19. The van der Waals surface area contributed by atoms with Crippen molar-refractivity contribution in [2.75, 3.05) is 7.11 Å². The van der Waals surface area contributed by atoms with E-state index in [4.69, 9.17) is 0 Å². The third-order valence-corrected chi connectivity index (χ3v) is 3.17. The molecule has 0 saturated carbocycles. The molecule has 0 aliphatic carbocycles. The molecule has 5 nitrogen and oxygen atoms in total. The number of aliphatic hydroxyl groups is 1. The van der Waals surface area contributed by atoms with Gasteiger partial charge in [0.05, 0.1) is 7.11 Å². The van der Waals surface area contributed by atoms with Gasteiger partial charge in [0.25, 0.3) is 0 Å². The standard InChI is InChI=1S/C17H18F3NO4/c1-25-15(23)14(21-16(24)17(18,19)20)13(22)11-7-3-6-10-12-8-4-2-5-9-12/h2,4-5,8-9,13-14,22H,3,6,10H2,1H3,(H,21,24)/t13-,14+/m0/s1. The summed E-state index contributed by atoms with van der Waals surface area (Å²) in [4.78, 5) is 22.4. The Hall–Kier alpha value is -2.53. The van der Waals surface area contributed by atoms with Crippen molar-refractivity contribution in [2.24, 2.45) is 0 Å². The van der Waals surface area contributed by atoms with E-state index in [9.17, 15) is 27.9 Å². The van der Waals surface area contributed by atoms with Gasteiger partial charge in [0.2, 0.25) is 0 Å². The fourth-order valence-electron chi connectivity index (χ4n) is 1.90. The molecule has 0 bridgehead atoms. The summed E-state index contributed by atoms with van der Waals surface area (Å²) >= 11 is 0. The Balaban J connectivity index is 2.59. The number of alkyl halides is 3. The predicted molar refractivity (Wildman–Crippen MR) is 83.2 cm³/mol. The van der Waals surface area contributed by atoms with Crippen LogP contribution >= 0.6 is 0 Å². The van der Waals surface area contributed by atoms with Crippen LogP contribution in [0.1, 0.15) is 18.4 Å². The van der Waals surface area contributed by atoms with Crippen LogP contribution in [0.5, 0.6) is 0 Å². The van der Waals surface area contributed by atoms with Crippen LogP contribution < -0.4 is 5.32 Å². The predicted octanol–water partition coefficient (Wildman–Crippen LogP) is 1.59. The molecule has 0 radical (unpaired) electrons. The molecule has 136 valence electrons. The molecule has 0 fully saturated rings. The minimum atomic E-state index is -5.19. The zero-order valence-corrected chi connectivity index (χ0v) is 13.5. The Morgan fingerprint density at radius 3 is 2.48 bits per heavy atom. The van der Waals surface area contributed by atoms with Crippen molar-refractivity contribution in [3.63, 3.8) is 0 Å². The molecule has 0 aliphatic rings. The molecular weight excluding hydrogens is 339 g/mol. The van der Waals surface area contributed by atoms with Crippen LogP contribution in [-0.4, -0.2) is 42.4 Å². The number of aryl methyl sites for hydroxylation is 1. The van der Waals surface area contributed by atoms with Gasteiger partial charge in [0.1, 0.15) is 6.10 Å². The molecule has 8 heteroatoms. The Morgan fingerprint density at radius 1 is 1.28 bits per heavy atom. The van der Waals surface area contributed by atoms with E-state index in [1.54, 1.807) is 0 Å². The van der Waals surface area contributed by atoms with Crippen molar-refractivity contribution in [3.8, 4) is 11.8 Å². The lowest BCUT2D eigenvalue weighted by Crippen LogP contribution is -2.52. The van der Waals surface area contributed by atoms with E-state index in [-0.39, 0.29) is 0 Å². The van der Waals surface area contributed by atoms with Crippen molar-refractivity contribution in [1.82, 2.24) is 5.32 Å². The number of hydrogen-bond donors (Lipinski definition) is 2. The van der Waals surface area contributed by atoms with Gasteiger partial charge in [-0.25, -0.2) is 4.79 Å². The van der Waals surface area contributed by atoms with Crippen LogP contribution in [-0.2, 0) is 20.7 Å². The lowest BCUT2D eigenvalue weighted by atomic mass is 10.1. The molecule has 0 heterocycles. The third kappa shape index (κ3) is 7.27. The fraction of sp³-hybridized carbons (Fsp3) is 0.412. The second-order valence-electron chi connectivity index (χ2n) is 5.08. The molecule has 0 unspecified atom stereocenters. The first-order valence-electron chi connectivity index (χ1n) is 7.41. The van der Waals surface area contributed by atoms with Crippen LogP contribution in [0.2, 0.25) is 0 Å². The Labute approximate surface area is 143 Å². The van der Waals surface area contributed by atoms with Gasteiger partial charge < -0.3 is 15.2 Å². The Bertz CT molecular complexity index is 635. The number of methoxy groups -OCH3 is 1. The van der Waals surface area contributed by atoms with Crippen LogP contribution in [0, 0.1) is 11.8 Å². The van der Waals surface area contributed by atoms with Crippen LogP contribution in [0.3, 0.4) is 0 Å². The van der Waals surface area contributed by atoms with Gasteiger partial charge in [0.15, 0.2) is 6.04 Å². The van der Waals surface area contributed by atoms with Crippen molar-refractivity contribution < 1.29 is 32.6 Å². The highest BCUT2D eigenvalue weighted by molar-refractivity contribution is 5.88. The molecule has 0 aromatic heterocycles. The summed E-state index contributed by atoms with van der Waals surface area (Å²) in [7, 11) is 0.926. The fourth-order valence-corrected chi connectivity index (χ4v) is 1.90. The molecule has 1 aromatic carbocycles. The van der Waals surface area contributed by atoms with E-state index >= 15 is 0 Å². The van der Waals surface area contributed by atoms with Gasteiger partial charge in [-0.2, -0.15) is 13.2 Å². The zero-order valence-electron chi connectivity index (χ0n) is 13.5. The normalized spacial score (nSPS) is 13.2. The van der Waals surface area contributed by atoms with Crippen molar-refractivity contribution in [1.29, 1.82) is 0 Å². The molecule has 1 rings (SSSR count). The molecule has 0 aliphatic heterocycles. The maximum Gasteiger partial charge on any atom is 0.471 e. The number of benzene rings is 1. The summed E-state index contributed by atoms with van der Waals surface area (Å²) in [6.45, 7) is 0. The number of carbonyl (C=O) groups excluding carboxylic acids is 2. The summed E-state index contributed by atoms with van der Waals surface area (Å²) < 4.78 is 41.1. The monoisotopic (exact) mass is 357 g/mol. The molecular formula is C17H18F3NO4.